The number of para-hydroxylation sites is 1. The predicted molar refractivity (Wildman–Crippen MR) is 119 cm³/mol. The maximum Gasteiger partial charge on any atom is 0.260 e. The minimum Gasteiger partial charge on any atom is -0.493 e. The van der Waals surface area contributed by atoms with Gasteiger partial charge in [0.1, 0.15) is 5.75 Å². The number of hydrogen-bond acceptors (Lipinski definition) is 5. The second-order valence-corrected chi connectivity index (χ2v) is 7.57. The standard InChI is InChI=1S/C23H22N4O2S/c1-3-29-21-12-8-7-11-18(21)20-15-30-23(25-20)26-22(28)19-13-24-27(16(19)2)14-17-9-5-4-6-10-17/h4-13,15H,3,14H2,1-2H3,(H,25,26,28). The van der Waals surface area contributed by atoms with Gasteiger partial charge < -0.3 is 4.74 Å². The van der Waals surface area contributed by atoms with E-state index in [9.17, 15) is 4.79 Å². The highest BCUT2D eigenvalue weighted by Crippen LogP contribution is 2.32. The lowest BCUT2D eigenvalue weighted by Crippen LogP contribution is -2.13. The van der Waals surface area contributed by atoms with Gasteiger partial charge in [0, 0.05) is 16.6 Å². The third-order valence-corrected chi connectivity index (χ3v) is 5.47. The second-order valence-electron chi connectivity index (χ2n) is 6.71. The highest BCUT2D eigenvalue weighted by atomic mass is 32.1. The third kappa shape index (κ3) is 4.26. The van der Waals surface area contributed by atoms with Gasteiger partial charge in [0.15, 0.2) is 5.13 Å². The predicted octanol–water partition coefficient (Wildman–Crippen LogP) is 5.01. The molecule has 6 nitrogen and oxygen atoms in total. The number of amides is 1. The zero-order valence-corrected chi connectivity index (χ0v) is 17.6. The van der Waals surface area contributed by atoms with E-state index >= 15 is 0 Å². The maximum absolute atomic E-state index is 12.8. The van der Waals surface area contributed by atoms with Crippen molar-refractivity contribution in [2.24, 2.45) is 0 Å². The van der Waals surface area contributed by atoms with Gasteiger partial charge in [0.25, 0.3) is 5.91 Å². The van der Waals surface area contributed by atoms with Gasteiger partial charge in [0.2, 0.25) is 0 Å². The van der Waals surface area contributed by atoms with Crippen molar-refractivity contribution in [3.8, 4) is 17.0 Å². The van der Waals surface area contributed by atoms with Crippen molar-refractivity contribution in [1.82, 2.24) is 14.8 Å². The third-order valence-electron chi connectivity index (χ3n) is 4.71. The molecule has 152 valence electrons. The van der Waals surface area contributed by atoms with E-state index in [0.29, 0.717) is 23.8 Å². The van der Waals surface area contributed by atoms with Crippen molar-refractivity contribution in [3.63, 3.8) is 0 Å². The van der Waals surface area contributed by atoms with Crippen LogP contribution in [0.15, 0.2) is 66.2 Å². The monoisotopic (exact) mass is 418 g/mol. The highest BCUT2D eigenvalue weighted by molar-refractivity contribution is 7.14. The smallest absolute Gasteiger partial charge is 0.260 e. The first-order chi connectivity index (χ1) is 14.7. The first-order valence-electron chi connectivity index (χ1n) is 9.71. The Labute approximate surface area is 179 Å². The van der Waals surface area contributed by atoms with Gasteiger partial charge in [0.05, 0.1) is 30.6 Å². The zero-order chi connectivity index (χ0) is 20.9. The number of hydrogen-bond donors (Lipinski definition) is 1. The Morgan fingerprint density at radius 1 is 1.13 bits per heavy atom. The number of thiazole rings is 1. The van der Waals surface area contributed by atoms with E-state index in [1.165, 1.54) is 11.3 Å². The Hall–Kier alpha value is -3.45. The molecule has 7 heteroatoms. The molecule has 1 amide bonds. The van der Waals surface area contributed by atoms with Gasteiger partial charge in [-0.1, -0.05) is 42.5 Å². The lowest BCUT2D eigenvalue weighted by Gasteiger charge is -2.07. The lowest BCUT2D eigenvalue weighted by atomic mass is 10.1. The Morgan fingerprint density at radius 2 is 1.90 bits per heavy atom. The van der Waals surface area contributed by atoms with Crippen LogP contribution in [0.2, 0.25) is 0 Å². The van der Waals surface area contributed by atoms with Crippen molar-refractivity contribution in [3.05, 3.63) is 83.0 Å². The van der Waals surface area contributed by atoms with Gasteiger partial charge >= 0.3 is 0 Å². The summed E-state index contributed by atoms with van der Waals surface area (Å²) in [7, 11) is 0. The first kappa shape index (κ1) is 19.8. The molecule has 0 aliphatic heterocycles. The molecular formula is C23H22N4O2S. The van der Waals surface area contributed by atoms with Crippen LogP contribution in [0, 0.1) is 6.92 Å². The molecule has 0 aliphatic rings. The summed E-state index contributed by atoms with van der Waals surface area (Å²) in [6.07, 6.45) is 1.60. The van der Waals surface area contributed by atoms with Crippen molar-refractivity contribution >= 4 is 22.4 Å². The van der Waals surface area contributed by atoms with Crippen LogP contribution in [0.5, 0.6) is 5.75 Å². The number of carbonyl (C=O) groups excluding carboxylic acids is 1. The quantitative estimate of drug-likeness (QED) is 0.458. The molecule has 2 aromatic carbocycles. The Morgan fingerprint density at radius 3 is 2.70 bits per heavy atom. The van der Waals surface area contributed by atoms with Crippen molar-refractivity contribution in [2.45, 2.75) is 20.4 Å². The highest BCUT2D eigenvalue weighted by Gasteiger charge is 2.17. The summed E-state index contributed by atoms with van der Waals surface area (Å²) in [5.41, 5.74) is 4.17. The average Bonchev–Trinajstić information content (AvgIpc) is 3.36. The van der Waals surface area contributed by atoms with Crippen molar-refractivity contribution in [1.29, 1.82) is 0 Å². The van der Waals surface area contributed by atoms with E-state index in [4.69, 9.17) is 4.74 Å². The van der Waals surface area contributed by atoms with Crippen LogP contribution in [-0.2, 0) is 6.54 Å². The Kier molecular flexibility index (Phi) is 5.90. The number of aromatic nitrogens is 3. The molecule has 4 rings (SSSR count). The summed E-state index contributed by atoms with van der Waals surface area (Å²) in [5, 5.41) is 9.73. The summed E-state index contributed by atoms with van der Waals surface area (Å²) in [6.45, 7) is 5.05. The first-order valence-corrected chi connectivity index (χ1v) is 10.6. The Balaban J connectivity index is 1.49. The van der Waals surface area contributed by atoms with Crippen LogP contribution in [0.25, 0.3) is 11.3 Å². The van der Waals surface area contributed by atoms with E-state index in [-0.39, 0.29) is 5.91 Å². The number of rotatable bonds is 7. The van der Waals surface area contributed by atoms with E-state index in [0.717, 1.165) is 28.3 Å². The van der Waals surface area contributed by atoms with Crippen molar-refractivity contribution < 1.29 is 9.53 Å². The topological polar surface area (TPSA) is 69.0 Å². The molecule has 0 atom stereocenters. The summed E-state index contributed by atoms with van der Waals surface area (Å²) in [4.78, 5) is 17.4. The number of nitrogens with one attached hydrogen (secondary N) is 1. The molecule has 0 saturated carbocycles. The zero-order valence-electron chi connectivity index (χ0n) is 16.8. The summed E-state index contributed by atoms with van der Waals surface area (Å²) >= 11 is 1.38. The van der Waals surface area contributed by atoms with Gasteiger partial charge in [-0.15, -0.1) is 11.3 Å². The van der Waals surface area contributed by atoms with E-state index in [1.807, 2.05) is 78.5 Å². The van der Waals surface area contributed by atoms with E-state index < -0.39 is 0 Å². The van der Waals surface area contributed by atoms with Crippen LogP contribution >= 0.6 is 11.3 Å². The van der Waals surface area contributed by atoms with Gasteiger partial charge in [-0.2, -0.15) is 5.10 Å². The second kappa shape index (κ2) is 8.92. The van der Waals surface area contributed by atoms with E-state index in [2.05, 4.69) is 15.4 Å². The van der Waals surface area contributed by atoms with Crippen LogP contribution in [-0.4, -0.2) is 27.3 Å². The number of nitrogens with zero attached hydrogens (tertiary/aromatic N) is 3. The average molecular weight is 419 g/mol. The molecule has 2 aromatic heterocycles. The molecule has 1 N–H and O–H groups in total. The van der Waals surface area contributed by atoms with Gasteiger partial charge in [-0.25, -0.2) is 4.98 Å². The molecule has 0 fully saturated rings. The normalized spacial score (nSPS) is 10.7. The van der Waals surface area contributed by atoms with Gasteiger partial charge in [-0.3, -0.25) is 14.8 Å². The van der Waals surface area contributed by atoms with Gasteiger partial charge in [-0.05, 0) is 31.5 Å². The van der Waals surface area contributed by atoms with Crippen LogP contribution in [0.4, 0.5) is 5.13 Å². The minimum absolute atomic E-state index is 0.217. The fourth-order valence-electron chi connectivity index (χ4n) is 3.16. The van der Waals surface area contributed by atoms with Crippen molar-refractivity contribution in [2.75, 3.05) is 11.9 Å². The fraction of sp³-hybridized carbons (Fsp3) is 0.174. The summed E-state index contributed by atoms with van der Waals surface area (Å²) in [5.74, 6) is 0.562. The van der Waals surface area contributed by atoms with E-state index in [1.54, 1.807) is 6.20 Å². The molecular weight excluding hydrogens is 396 g/mol. The Bertz CT molecular complexity index is 1150. The minimum atomic E-state index is -0.217. The largest absolute Gasteiger partial charge is 0.493 e. The van der Waals surface area contributed by atoms with Crippen LogP contribution < -0.4 is 10.1 Å². The molecule has 30 heavy (non-hydrogen) atoms. The lowest BCUT2D eigenvalue weighted by molar-refractivity contribution is 0.102. The van der Waals surface area contributed by atoms with Crippen LogP contribution in [0.1, 0.15) is 28.5 Å². The molecule has 0 radical (unpaired) electrons. The summed E-state index contributed by atoms with van der Waals surface area (Å²) < 4.78 is 7.51. The molecule has 0 unspecified atom stereocenters. The summed E-state index contributed by atoms with van der Waals surface area (Å²) in [6, 6.07) is 17.8. The SMILES string of the molecule is CCOc1ccccc1-c1csc(NC(=O)c2cnn(Cc3ccccc3)c2C)n1. The molecule has 0 spiro atoms. The maximum atomic E-state index is 12.8. The molecule has 2 heterocycles. The fourth-order valence-corrected chi connectivity index (χ4v) is 3.87. The molecule has 0 bridgehead atoms. The number of anilines is 1. The molecule has 0 saturated heterocycles. The molecule has 4 aromatic rings. The number of ether oxygens (including phenoxy) is 1. The van der Waals surface area contributed by atoms with Crippen LogP contribution in [0.3, 0.4) is 0 Å². The number of benzene rings is 2. The number of carbonyl (C=O) groups is 1. The molecule has 0 aliphatic carbocycles.